The van der Waals surface area contributed by atoms with Crippen LogP contribution < -0.4 is 0 Å². The molecular weight excluding hydrogens is 220 g/mol. The Balaban J connectivity index is 1.81. The van der Waals surface area contributed by atoms with E-state index in [1.807, 2.05) is 30.3 Å². The minimum absolute atomic E-state index is 0.246. The Bertz CT molecular complexity index is 363. The SMILES string of the molecule is O=C(OCc1ccccc1)C1CCCC(O)O1. The van der Waals surface area contributed by atoms with Crippen molar-refractivity contribution in [1.29, 1.82) is 0 Å². The van der Waals surface area contributed by atoms with Crippen LogP contribution >= 0.6 is 0 Å². The van der Waals surface area contributed by atoms with Crippen LogP contribution in [0.3, 0.4) is 0 Å². The summed E-state index contributed by atoms with van der Waals surface area (Å²) in [6, 6.07) is 9.48. The molecule has 1 aromatic carbocycles. The van der Waals surface area contributed by atoms with Crippen LogP contribution in [0.1, 0.15) is 24.8 Å². The van der Waals surface area contributed by atoms with Crippen LogP contribution in [-0.2, 0) is 20.9 Å². The standard InChI is InChI=1S/C13H16O4/c14-12-8-4-7-11(17-12)13(15)16-9-10-5-2-1-3-6-10/h1-3,5-6,11-12,14H,4,7-9H2. The molecule has 2 rings (SSSR count). The summed E-state index contributed by atoms with van der Waals surface area (Å²) in [4.78, 5) is 11.7. The smallest absolute Gasteiger partial charge is 0.335 e. The van der Waals surface area contributed by atoms with Crippen LogP contribution in [0.2, 0.25) is 0 Å². The number of aliphatic hydroxyl groups excluding tert-OH is 1. The maximum Gasteiger partial charge on any atom is 0.335 e. The number of carbonyl (C=O) groups excluding carboxylic acids is 1. The van der Waals surface area contributed by atoms with Gasteiger partial charge in [0.05, 0.1) is 0 Å². The number of hydrogen-bond acceptors (Lipinski definition) is 4. The van der Waals surface area contributed by atoms with Crippen molar-refractivity contribution in [3.63, 3.8) is 0 Å². The summed E-state index contributed by atoms with van der Waals surface area (Å²) in [7, 11) is 0. The Labute approximate surface area is 100 Å². The number of carbonyl (C=O) groups is 1. The van der Waals surface area contributed by atoms with Crippen LogP contribution in [-0.4, -0.2) is 23.5 Å². The van der Waals surface area contributed by atoms with Crippen molar-refractivity contribution in [1.82, 2.24) is 0 Å². The lowest BCUT2D eigenvalue weighted by atomic mass is 10.1. The van der Waals surface area contributed by atoms with Gasteiger partial charge in [0.15, 0.2) is 12.4 Å². The van der Waals surface area contributed by atoms with E-state index in [2.05, 4.69) is 0 Å². The molecule has 92 valence electrons. The third-order valence-electron chi connectivity index (χ3n) is 2.73. The topological polar surface area (TPSA) is 55.8 Å². The van der Waals surface area contributed by atoms with E-state index in [0.717, 1.165) is 12.0 Å². The average molecular weight is 236 g/mol. The first kappa shape index (κ1) is 12.1. The predicted molar refractivity (Wildman–Crippen MR) is 61.0 cm³/mol. The second kappa shape index (κ2) is 5.80. The lowest BCUT2D eigenvalue weighted by Gasteiger charge is -2.25. The van der Waals surface area contributed by atoms with Crippen LogP contribution in [0.15, 0.2) is 30.3 Å². The molecule has 1 fully saturated rings. The van der Waals surface area contributed by atoms with E-state index in [-0.39, 0.29) is 6.61 Å². The maximum atomic E-state index is 11.7. The number of ether oxygens (including phenoxy) is 2. The molecular formula is C13H16O4. The highest BCUT2D eigenvalue weighted by Gasteiger charge is 2.27. The van der Waals surface area contributed by atoms with Gasteiger partial charge in [0.25, 0.3) is 0 Å². The first-order chi connectivity index (χ1) is 8.25. The van der Waals surface area contributed by atoms with Crippen molar-refractivity contribution < 1.29 is 19.4 Å². The second-order valence-electron chi connectivity index (χ2n) is 4.10. The molecule has 0 amide bonds. The molecule has 1 heterocycles. The van der Waals surface area contributed by atoms with Gasteiger partial charge in [-0.25, -0.2) is 4.79 Å². The van der Waals surface area contributed by atoms with Crippen molar-refractivity contribution in [2.45, 2.75) is 38.3 Å². The van der Waals surface area contributed by atoms with Crippen LogP contribution in [0.25, 0.3) is 0 Å². The molecule has 1 aromatic rings. The van der Waals surface area contributed by atoms with Gasteiger partial charge in [0.2, 0.25) is 0 Å². The molecule has 0 saturated carbocycles. The van der Waals surface area contributed by atoms with E-state index in [0.29, 0.717) is 12.8 Å². The summed E-state index contributed by atoms with van der Waals surface area (Å²) in [6.07, 6.45) is 0.528. The van der Waals surface area contributed by atoms with Gasteiger partial charge >= 0.3 is 5.97 Å². The molecule has 1 aliphatic rings. The van der Waals surface area contributed by atoms with Crippen LogP contribution in [0.4, 0.5) is 0 Å². The Hall–Kier alpha value is -1.39. The molecule has 2 atom stereocenters. The van der Waals surface area contributed by atoms with Crippen molar-refractivity contribution in [2.75, 3.05) is 0 Å². The average Bonchev–Trinajstić information content (AvgIpc) is 2.37. The third-order valence-corrected chi connectivity index (χ3v) is 2.73. The summed E-state index contributed by atoms with van der Waals surface area (Å²) in [5.41, 5.74) is 0.942. The van der Waals surface area contributed by atoms with Gasteiger partial charge in [-0.15, -0.1) is 0 Å². The van der Waals surface area contributed by atoms with Crippen molar-refractivity contribution in [3.05, 3.63) is 35.9 Å². The fourth-order valence-corrected chi connectivity index (χ4v) is 1.80. The largest absolute Gasteiger partial charge is 0.459 e. The molecule has 4 heteroatoms. The Morgan fingerprint density at radius 1 is 1.35 bits per heavy atom. The molecule has 2 unspecified atom stereocenters. The molecule has 1 N–H and O–H groups in total. The van der Waals surface area contributed by atoms with Gasteiger partial charge in [-0.05, 0) is 24.8 Å². The highest BCUT2D eigenvalue weighted by molar-refractivity contribution is 5.74. The van der Waals surface area contributed by atoms with E-state index in [9.17, 15) is 9.90 Å². The van der Waals surface area contributed by atoms with E-state index < -0.39 is 18.4 Å². The zero-order chi connectivity index (χ0) is 12.1. The van der Waals surface area contributed by atoms with E-state index in [4.69, 9.17) is 9.47 Å². The Morgan fingerprint density at radius 2 is 2.12 bits per heavy atom. The molecule has 17 heavy (non-hydrogen) atoms. The first-order valence-electron chi connectivity index (χ1n) is 5.80. The molecule has 0 spiro atoms. The predicted octanol–water partition coefficient (Wildman–Crippen LogP) is 1.62. The second-order valence-corrected chi connectivity index (χ2v) is 4.10. The molecule has 0 aliphatic carbocycles. The normalized spacial score (nSPS) is 24.3. The highest BCUT2D eigenvalue weighted by atomic mass is 16.6. The van der Waals surface area contributed by atoms with Crippen molar-refractivity contribution in [2.24, 2.45) is 0 Å². The molecule has 0 radical (unpaired) electrons. The number of esters is 1. The highest BCUT2D eigenvalue weighted by Crippen LogP contribution is 2.18. The molecule has 0 aromatic heterocycles. The molecule has 1 saturated heterocycles. The minimum atomic E-state index is -0.835. The summed E-state index contributed by atoms with van der Waals surface area (Å²) in [6.45, 7) is 0.246. The summed E-state index contributed by atoms with van der Waals surface area (Å²) < 4.78 is 10.3. The zero-order valence-corrected chi connectivity index (χ0v) is 9.54. The minimum Gasteiger partial charge on any atom is -0.459 e. The number of hydrogen-bond donors (Lipinski definition) is 1. The maximum absolute atomic E-state index is 11.7. The van der Waals surface area contributed by atoms with E-state index in [1.54, 1.807) is 0 Å². The van der Waals surface area contributed by atoms with Crippen molar-refractivity contribution in [3.8, 4) is 0 Å². The van der Waals surface area contributed by atoms with Crippen LogP contribution in [0.5, 0.6) is 0 Å². The van der Waals surface area contributed by atoms with Gasteiger partial charge in [-0.2, -0.15) is 0 Å². The number of benzene rings is 1. The zero-order valence-electron chi connectivity index (χ0n) is 9.54. The molecule has 0 bridgehead atoms. The number of aliphatic hydroxyl groups is 1. The fraction of sp³-hybridized carbons (Fsp3) is 0.462. The van der Waals surface area contributed by atoms with Gasteiger partial charge in [0, 0.05) is 0 Å². The molecule has 4 nitrogen and oxygen atoms in total. The Morgan fingerprint density at radius 3 is 2.82 bits per heavy atom. The lowest BCUT2D eigenvalue weighted by Crippen LogP contribution is -2.34. The van der Waals surface area contributed by atoms with Gasteiger partial charge in [-0.3, -0.25) is 0 Å². The monoisotopic (exact) mass is 236 g/mol. The van der Waals surface area contributed by atoms with Gasteiger partial charge in [0.1, 0.15) is 6.61 Å². The summed E-state index contributed by atoms with van der Waals surface area (Å²) in [5, 5.41) is 9.28. The molecule has 1 aliphatic heterocycles. The van der Waals surface area contributed by atoms with Gasteiger partial charge < -0.3 is 14.6 Å². The lowest BCUT2D eigenvalue weighted by molar-refractivity contribution is -0.193. The quantitative estimate of drug-likeness (QED) is 0.810. The third kappa shape index (κ3) is 3.54. The Kier molecular flexibility index (Phi) is 4.12. The first-order valence-corrected chi connectivity index (χ1v) is 5.80. The van der Waals surface area contributed by atoms with Crippen LogP contribution in [0, 0.1) is 0 Å². The summed E-state index contributed by atoms with van der Waals surface area (Å²) in [5.74, 6) is -0.396. The van der Waals surface area contributed by atoms with Crippen molar-refractivity contribution >= 4 is 5.97 Å². The summed E-state index contributed by atoms with van der Waals surface area (Å²) >= 11 is 0. The van der Waals surface area contributed by atoms with E-state index >= 15 is 0 Å². The number of rotatable bonds is 3. The fourth-order valence-electron chi connectivity index (χ4n) is 1.80. The van der Waals surface area contributed by atoms with E-state index in [1.165, 1.54) is 0 Å². The van der Waals surface area contributed by atoms with Gasteiger partial charge in [-0.1, -0.05) is 30.3 Å².